The molecular formula is C22H28N4O5. The Morgan fingerprint density at radius 2 is 1.90 bits per heavy atom. The summed E-state index contributed by atoms with van der Waals surface area (Å²) in [5.74, 6) is -2.32. The van der Waals surface area contributed by atoms with Gasteiger partial charge in [0, 0.05) is 0 Å². The van der Waals surface area contributed by atoms with Gasteiger partial charge in [0.2, 0.25) is 5.88 Å². The van der Waals surface area contributed by atoms with Crippen LogP contribution < -0.4 is 16.2 Å². The van der Waals surface area contributed by atoms with Crippen LogP contribution in [0, 0.1) is 0 Å². The van der Waals surface area contributed by atoms with Crippen molar-refractivity contribution in [2.45, 2.75) is 31.8 Å². The average Bonchev–Trinajstić information content (AvgIpc) is 3.25. The fraction of sp³-hybridized carbons (Fsp3) is 0.318. The topological polar surface area (TPSA) is 154 Å². The van der Waals surface area contributed by atoms with E-state index < -0.39 is 66.9 Å². The first-order valence-electron chi connectivity index (χ1n) is 12.8. The van der Waals surface area contributed by atoms with Gasteiger partial charge in [-0.05, 0) is 37.1 Å². The van der Waals surface area contributed by atoms with Crippen LogP contribution in [0.25, 0.3) is 10.9 Å². The molecule has 0 saturated carbocycles. The van der Waals surface area contributed by atoms with Crippen LogP contribution in [0.2, 0.25) is 0 Å². The number of hydrogen-bond donors (Lipinski definition) is 4. The number of carboxylic acids is 2. The number of fused-ring (bicyclic) bond motifs is 1. The van der Waals surface area contributed by atoms with Gasteiger partial charge in [0.1, 0.15) is 6.04 Å². The van der Waals surface area contributed by atoms with Crippen LogP contribution in [0.15, 0.2) is 54.5 Å². The van der Waals surface area contributed by atoms with E-state index in [1.165, 1.54) is 6.07 Å². The zero-order valence-electron chi connectivity index (χ0n) is 23.6. The van der Waals surface area contributed by atoms with E-state index in [0.717, 1.165) is 17.5 Å². The molecule has 3 rings (SSSR count). The van der Waals surface area contributed by atoms with Crippen molar-refractivity contribution >= 4 is 22.8 Å². The molecule has 9 heteroatoms. The van der Waals surface area contributed by atoms with E-state index in [2.05, 4.69) is 5.10 Å². The predicted octanol–water partition coefficient (Wildman–Crippen LogP) is 2.08. The Balaban J connectivity index is 0.000000432. The van der Waals surface area contributed by atoms with E-state index in [1.807, 2.05) is 0 Å². The number of ether oxygens (including phenoxy) is 1. The van der Waals surface area contributed by atoms with E-state index >= 15 is 0 Å². The first kappa shape index (κ1) is 15.4. The van der Waals surface area contributed by atoms with Gasteiger partial charge in [-0.25, -0.2) is 4.79 Å². The Bertz CT molecular complexity index is 1290. The molecule has 1 heterocycles. The van der Waals surface area contributed by atoms with Gasteiger partial charge in [0.15, 0.2) is 6.61 Å². The van der Waals surface area contributed by atoms with E-state index in [-0.39, 0.29) is 11.4 Å². The fourth-order valence-corrected chi connectivity index (χ4v) is 2.40. The van der Waals surface area contributed by atoms with Crippen molar-refractivity contribution < 1.29 is 34.1 Å². The molecule has 0 fully saturated rings. The summed E-state index contributed by atoms with van der Waals surface area (Å²) in [6.07, 6.45) is 2.16. The number of carboxylic acid groups (broad SMARTS) is 2. The minimum Gasteiger partial charge on any atom is -0.480 e. The number of benzene rings is 2. The SMILES string of the molecule is NCCCC[C@@H](N)C(=O)O.[2H]c1c([2H])c([2H])c(C([2H])([2H])n2nc(OCC(=O)O)c3ccccc32)c([2H])c1[2H]. The minimum absolute atomic E-state index is 0.144. The Morgan fingerprint density at radius 1 is 1.19 bits per heavy atom. The number of aliphatic carboxylic acids is 2. The molecule has 6 N–H and O–H groups in total. The maximum absolute atomic E-state index is 10.8. The predicted molar refractivity (Wildman–Crippen MR) is 117 cm³/mol. The molecule has 9 nitrogen and oxygen atoms in total. The Kier molecular flexibility index (Phi) is 6.11. The monoisotopic (exact) mass is 435 g/mol. The minimum atomic E-state index is -2.64. The lowest BCUT2D eigenvalue weighted by molar-refractivity contribution is -0.140. The molecule has 0 unspecified atom stereocenters. The number of para-hydroxylation sites is 1. The summed E-state index contributed by atoms with van der Waals surface area (Å²) in [7, 11) is 0. The largest absolute Gasteiger partial charge is 0.480 e. The molecule has 31 heavy (non-hydrogen) atoms. The molecule has 0 radical (unpaired) electrons. The first-order valence-corrected chi connectivity index (χ1v) is 9.34. The average molecular weight is 436 g/mol. The lowest BCUT2D eigenvalue weighted by Gasteiger charge is -2.03. The first-order chi connectivity index (χ1) is 17.7. The second-order valence-electron chi connectivity index (χ2n) is 6.26. The molecule has 0 spiro atoms. The Morgan fingerprint density at radius 3 is 2.55 bits per heavy atom. The molecule has 1 aromatic heterocycles. The molecule has 2 aromatic carbocycles. The summed E-state index contributed by atoms with van der Waals surface area (Å²) < 4.78 is 62.2. The number of nitrogens with zero attached hydrogens (tertiary/aromatic N) is 2. The molecule has 0 amide bonds. The maximum atomic E-state index is 10.8. The number of rotatable bonds is 10. The van der Waals surface area contributed by atoms with Crippen molar-refractivity contribution in [3.63, 3.8) is 0 Å². The van der Waals surface area contributed by atoms with Crippen molar-refractivity contribution in [2.75, 3.05) is 13.2 Å². The van der Waals surface area contributed by atoms with Crippen LogP contribution >= 0.6 is 0 Å². The standard InChI is InChI=1S/C16H14N2O3.C6H14N2O2/c19-15(20)11-21-16-13-8-4-5-9-14(13)18(17-16)10-12-6-2-1-3-7-12;7-4-2-1-3-5(8)6(9)10/h1-9H,10-11H2,(H,19,20);5H,1-4,7-8H2,(H,9,10)/t;5-/m.1/s1/i1D,2D,3D,6D,7D,10D2;. The molecule has 0 aliphatic carbocycles. The zero-order chi connectivity index (χ0) is 28.8. The van der Waals surface area contributed by atoms with Gasteiger partial charge in [0.05, 0.1) is 27.0 Å². The Hall–Kier alpha value is -3.43. The van der Waals surface area contributed by atoms with Gasteiger partial charge < -0.3 is 26.4 Å². The van der Waals surface area contributed by atoms with Crippen LogP contribution in [0.4, 0.5) is 0 Å². The molecule has 166 valence electrons. The van der Waals surface area contributed by atoms with Crippen molar-refractivity contribution in [1.29, 1.82) is 0 Å². The van der Waals surface area contributed by atoms with Gasteiger partial charge in [-0.3, -0.25) is 9.48 Å². The van der Waals surface area contributed by atoms with Crippen molar-refractivity contribution in [1.82, 2.24) is 9.78 Å². The third kappa shape index (κ3) is 7.72. The highest BCUT2D eigenvalue weighted by molar-refractivity contribution is 5.85. The van der Waals surface area contributed by atoms with Gasteiger partial charge >= 0.3 is 11.9 Å². The lowest BCUT2D eigenvalue weighted by atomic mass is 10.1. The normalized spacial score (nSPS) is 15.1. The van der Waals surface area contributed by atoms with E-state index in [9.17, 15) is 9.59 Å². The number of aromatic nitrogens is 2. The fourth-order valence-electron chi connectivity index (χ4n) is 2.40. The van der Waals surface area contributed by atoms with E-state index in [1.54, 1.807) is 18.2 Å². The van der Waals surface area contributed by atoms with Gasteiger partial charge in [-0.15, -0.1) is 5.10 Å². The summed E-state index contributed by atoms with van der Waals surface area (Å²) in [6, 6.07) is 2.21. The van der Waals surface area contributed by atoms with Crippen LogP contribution in [-0.4, -0.2) is 51.1 Å². The van der Waals surface area contributed by atoms with Crippen molar-refractivity contribution in [3.05, 3.63) is 60.0 Å². The summed E-state index contributed by atoms with van der Waals surface area (Å²) in [5.41, 5.74) is 10.0. The van der Waals surface area contributed by atoms with Gasteiger partial charge in [-0.2, -0.15) is 0 Å². The third-order valence-corrected chi connectivity index (χ3v) is 3.89. The number of carbonyl (C=O) groups is 2. The highest BCUT2D eigenvalue weighted by atomic mass is 16.5. The second kappa shape index (κ2) is 12.3. The molecule has 3 aromatic rings. The van der Waals surface area contributed by atoms with Crippen LogP contribution in [0.3, 0.4) is 0 Å². The molecule has 0 aliphatic heterocycles. The number of nitrogens with two attached hydrogens (primary N) is 2. The summed E-state index contributed by atoms with van der Waals surface area (Å²) >= 11 is 0. The third-order valence-electron chi connectivity index (χ3n) is 3.89. The lowest BCUT2D eigenvalue weighted by Crippen LogP contribution is -2.29. The maximum Gasteiger partial charge on any atom is 0.341 e. The zero-order valence-corrected chi connectivity index (χ0v) is 16.6. The number of unbranched alkanes of at least 4 members (excludes halogenated alkanes) is 1. The van der Waals surface area contributed by atoms with Gasteiger partial charge in [-0.1, -0.05) is 48.8 Å². The van der Waals surface area contributed by atoms with E-state index in [4.69, 9.17) is 36.0 Å². The second-order valence-corrected chi connectivity index (χ2v) is 6.26. The van der Waals surface area contributed by atoms with E-state index in [0.29, 0.717) is 18.4 Å². The number of hydrogen-bond acceptors (Lipinski definition) is 6. The summed E-state index contributed by atoms with van der Waals surface area (Å²) in [5, 5.41) is 21.4. The van der Waals surface area contributed by atoms with Crippen LogP contribution in [0.1, 0.15) is 34.4 Å². The molecule has 0 bridgehead atoms. The summed E-state index contributed by atoms with van der Waals surface area (Å²) in [4.78, 5) is 20.9. The Labute approximate surface area is 190 Å². The summed E-state index contributed by atoms with van der Waals surface area (Å²) in [6.45, 7) is -2.73. The van der Waals surface area contributed by atoms with Crippen LogP contribution in [0.5, 0.6) is 5.88 Å². The van der Waals surface area contributed by atoms with Crippen molar-refractivity contribution in [2.24, 2.45) is 11.5 Å². The molecule has 0 aliphatic rings. The van der Waals surface area contributed by atoms with Crippen LogP contribution in [-0.2, 0) is 16.1 Å². The highest BCUT2D eigenvalue weighted by Gasteiger charge is 2.12. The quantitative estimate of drug-likeness (QED) is 0.353. The molecule has 0 saturated heterocycles. The molecular weight excluding hydrogens is 400 g/mol. The van der Waals surface area contributed by atoms with Gasteiger partial charge in [0.25, 0.3) is 0 Å². The molecule has 1 atom stereocenters. The smallest absolute Gasteiger partial charge is 0.341 e. The van der Waals surface area contributed by atoms with Crippen molar-refractivity contribution in [3.8, 4) is 5.88 Å². The highest BCUT2D eigenvalue weighted by Crippen LogP contribution is 2.25.